The Morgan fingerprint density at radius 2 is 1.59 bits per heavy atom. The summed E-state index contributed by atoms with van der Waals surface area (Å²) in [6.07, 6.45) is 1.90. The Morgan fingerprint density at radius 3 is 2.08 bits per heavy atom. The number of hydrogen-bond donors (Lipinski definition) is 2. The van der Waals surface area contributed by atoms with Crippen LogP contribution in [0.3, 0.4) is 0 Å². The third-order valence-electron chi connectivity index (χ3n) is 6.33. The fourth-order valence-electron chi connectivity index (χ4n) is 4.25. The van der Waals surface area contributed by atoms with E-state index in [2.05, 4.69) is 10.6 Å². The van der Waals surface area contributed by atoms with Gasteiger partial charge < -0.3 is 25.0 Å². The second-order valence-corrected chi connectivity index (χ2v) is 10.7. The molecule has 2 aromatic carbocycles. The van der Waals surface area contributed by atoms with Crippen LogP contribution in [0.1, 0.15) is 65.5 Å². The Hall–Kier alpha value is -3.55. The van der Waals surface area contributed by atoms with Crippen molar-refractivity contribution < 1.29 is 23.9 Å². The van der Waals surface area contributed by atoms with Crippen molar-refractivity contribution >= 4 is 23.6 Å². The lowest BCUT2D eigenvalue weighted by Crippen LogP contribution is -2.58. The minimum Gasteiger partial charge on any atom is -0.497 e. The van der Waals surface area contributed by atoms with Crippen LogP contribution in [-0.2, 0) is 14.3 Å². The zero-order chi connectivity index (χ0) is 27.2. The molecule has 0 saturated heterocycles. The first kappa shape index (κ1) is 28.0. The summed E-state index contributed by atoms with van der Waals surface area (Å²) in [5, 5.41) is 5.74. The van der Waals surface area contributed by atoms with Gasteiger partial charge in [-0.15, -0.1) is 0 Å². The van der Waals surface area contributed by atoms with E-state index < -0.39 is 23.8 Å². The van der Waals surface area contributed by atoms with Gasteiger partial charge in [0.2, 0.25) is 5.91 Å². The van der Waals surface area contributed by atoms with E-state index in [1.165, 1.54) is 0 Å². The lowest BCUT2D eigenvalue weighted by Gasteiger charge is -2.44. The maximum atomic E-state index is 14.1. The van der Waals surface area contributed by atoms with Gasteiger partial charge in [-0.25, -0.2) is 4.79 Å². The van der Waals surface area contributed by atoms with Gasteiger partial charge in [0.1, 0.15) is 23.4 Å². The molecule has 3 rings (SSSR count). The van der Waals surface area contributed by atoms with Crippen molar-refractivity contribution in [3.63, 3.8) is 0 Å². The largest absolute Gasteiger partial charge is 0.497 e. The number of anilines is 1. The van der Waals surface area contributed by atoms with Gasteiger partial charge in [-0.1, -0.05) is 44.2 Å². The highest BCUT2D eigenvalue weighted by molar-refractivity contribution is 5.99. The van der Waals surface area contributed by atoms with Gasteiger partial charge in [0.05, 0.1) is 7.11 Å². The fraction of sp³-hybridized carbons (Fsp3) is 0.483. The highest BCUT2D eigenvalue weighted by Gasteiger charge is 2.42. The normalized spacial score (nSPS) is 15.2. The van der Waals surface area contributed by atoms with Gasteiger partial charge in [0, 0.05) is 11.7 Å². The molecular weight excluding hydrogens is 470 g/mol. The number of benzene rings is 2. The number of amides is 3. The van der Waals surface area contributed by atoms with E-state index in [1.807, 2.05) is 44.2 Å². The number of nitrogens with one attached hydrogen (secondary N) is 2. The van der Waals surface area contributed by atoms with Crippen molar-refractivity contribution in [2.45, 2.75) is 77.6 Å². The first-order chi connectivity index (χ1) is 17.5. The van der Waals surface area contributed by atoms with Crippen LogP contribution in [0, 0.1) is 5.92 Å². The van der Waals surface area contributed by atoms with Crippen LogP contribution in [0.15, 0.2) is 54.6 Å². The third kappa shape index (κ3) is 7.47. The molecule has 0 aromatic heterocycles. The van der Waals surface area contributed by atoms with Crippen LogP contribution >= 0.6 is 0 Å². The minimum absolute atomic E-state index is 0.110. The third-order valence-corrected chi connectivity index (χ3v) is 6.33. The van der Waals surface area contributed by atoms with Crippen LogP contribution < -0.4 is 15.4 Å². The Bertz CT molecular complexity index is 1060. The number of methoxy groups -OCH3 is 1. The average Bonchev–Trinajstić information content (AvgIpc) is 2.80. The lowest BCUT2D eigenvalue weighted by molar-refractivity contribution is -0.146. The SMILES string of the molecule is COc1ccc(NC(=O)C(c2ccccc2)N(C(=O)C(NC(=O)OC(C)(C)C)C(C)C)C2CCC2)cc1. The topological polar surface area (TPSA) is 97.0 Å². The zero-order valence-corrected chi connectivity index (χ0v) is 22.6. The Kier molecular flexibility index (Phi) is 9.18. The summed E-state index contributed by atoms with van der Waals surface area (Å²) in [6.45, 7) is 9.05. The Labute approximate surface area is 219 Å². The van der Waals surface area contributed by atoms with Gasteiger partial charge in [-0.05, 0) is 75.8 Å². The Balaban J connectivity index is 1.96. The molecule has 0 aliphatic heterocycles. The highest BCUT2D eigenvalue weighted by atomic mass is 16.6. The smallest absolute Gasteiger partial charge is 0.408 e. The van der Waals surface area contributed by atoms with Crippen LogP contribution in [-0.4, -0.2) is 47.6 Å². The number of ether oxygens (including phenoxy) is 2. The number of carbonyl (C=O) groups excluding carboxylic acids is 3. The summed E-state index contributed by atoms with van der Waals surface area (Å²) in [4.78, 5) is 42.2. The summed E-state index contributed by atoms with van der Waals surface area (Å²) < 4.78 is 10.6. The molecule has 3 amide bonds. The summed E-state index contributed by atoms with van der Waals surface area (Å²) in [5.41, 5.74) is 0.598. The maximum absolute atomic E-state index is 14.1. The fourth-order valence-corrected chi connectivity index (χ4v) is 4.25. The molecular formula is C29H39N3O5. The number of alkyl carbamates (subject to hydrolysis) is 1. The van der Waals surface area contributed by atoms with E-state index in [4.69, 9.17) is 9.47 Å². The van der Waals surface area contributed by atoms with Gasteiger partial charge >= 0.3 is 6.09 Å². The van der Waals surface area contributed by atoms with E-state index >= 15 is 0 Å². The molecule has 2 atom stereocenters. The monoisotopic (exact) mass is 509 g/mol. The average molecular weight is 510 g/mol. The number of carbonyl (C=O) groups is 3. The number of rotatable bonds is 9. The molecule has 0 bridgehead atoms. The number of hydrogen-bond acceptors (Lipinski definition) is 5. The standard InChI is InChI=1S/C29H39N3O5/c1-19(2)24(31-28(35)37-29(3,4)5)27(34)32(22-13-10-14-22)25(20-11-8-7-9-12-20)26(33)30-21-15-17-23(36-6)18-16-21/h7-9,11-12,15-19,22,24-25H,10,13-14H2,1-6H3,(H,30,33)(H,31,35). The van der Waals surface area contributed by atoms with Crippen molar-refractivity contribution in [1.29, 1.82) is 0 Å². The second kappa shape index (κ2) is 12.1. The minimum atomic E-state index is -0.872. The molecule has 0 spiro atoms. The second-order valence-electron chi connectivity index (χ2n) is 10.7. The van der Waals surface area contributed by atoms with Crippen LogP contribution in [0.5, 0.6) is 5.75 Å². The van der Waals surface area contributed by atoms with Gasteiger partial charge in [-0.2, -0.15) is 0 Å². The molecule has 2 aromatic rings. The van der Waals surface area contributed by atoms with Gasteiger partial charge in [-0.3, -0.25) is 9.59 Å². The molecule has 8 heteroatoms. The number of nitrogens with zero attached hydrogens (tertiary/aromatic N) is 1. The van der Waals surface area contributed by atoms with Crippen molar-refractivity contribution in [1.82, 2.24) is 10.2 Å². The first-order valence-corrected chi connectivity index (χ1v) is 12.8. The van der Waals surface area contributed by atoms with Gasteiger partial charge in [0.15, 0.2) is 0 Å². The molecule has 37 heavy (non-hydrogen) atoms. The van der Waals surface area contributed by atoms with E-state index in [0.717, 1.165) is 19.3 Å². The molecule has 0 heterocycles. The molecule has 1 saturated carbocycles. The van der Waals surface area contributed by atoms with Gasteiger partial charge in [0.25, 0.3) is 5.91 Å². The predicted octanol–water partition coefficient (Wildman–Crippen LogP) is 5.31. The zero-order valence-electron chi connectivity index (χ0n) is 22.6. The predicted molar refractivity (Wildman–Crippen MR) is 143 cm³/mol. The van der Waals surface area contributed by atoms with Crippen LogP contribution in [0.2, 0.25) is 0 Å². The molecule has 8 nitrogen and oxygen atoms in total. The van der Waals surface area contributed by atoms with Crippen molar-refractivity contribution in [3.05, 3.63) is 60.2 Å². The summed E-state index contributed by atoms with van der Waals surface area (Å²) in [6, 6.07) is 14.5. The summed E-state index contributed by atoms with van der Waals surface area (Å²) >= 11 is 0. The van der Waals surface area contributed by atoms with E-state index in [9.17, 15) is 14.4 Å². The van der Waals surface area contributed by atoms with E-state index in [-0.39, 0.29) is 23.8 Å². The van der Waals surface area contributed by atoms with Crippen molar-refractivity contribution in [2.75, 3.05) is 12.4 Å². The van der Waals surface area contributed by atoms with Crippen LogP contribution in [0.4, 0.5) is 10.5 Å². The molecule has 1 aliphatic carbocycles. The van der Waals surface area contributed by atoms with E-state index in [0.29, 0.717) is 17.0 Å². The summed E-state index contributed by atoms with van der Waals surface area (Å²) in [5.74, 6) is -0.166. The Morgan fingerprint density at radius 1 is 0.973 bits per heavy atom. The molecule has 0 radical (unpaired) electrons. The summed E-state index contributed by atoms with van der Waals surface area (Å²) in [7, 11) is 1.58. The lowest BCUT2D eigenvalue weighted by atomic mass is 9.87. The molecule has 200 valence electrons. The molecule has 2 N–H and O–H groups in total. The molecule has 1 fully saturated rings. The quantitative estimate of drug-likeness (QED) is 0.478. The van der Waals surface area contributed by atoms with Crippen molar-refractivity contribution in [3.8, 4) is 5.75 Å². The van der Waals surface area contributed by atoms with Crippen LogP contribution in [0.25, 0.3) is 0 Å². The maximum Gasteiger partial charge on any atom is 0.408 e. The first-order valence-electron chi connectivity index (χ1n) is 12.8. The van der Waals surface area contributed by atoms with E-state index in [1.54, 1.807) is 57.0 Å². The highest BCUT2D eigenvalue weighted by Crippen LogP contribution is 2.35. The molecule has 1 aliphatic rings. The van der Waals surface area contributed by atoms with Crippen molar-refractivity contribution in [2.24, 2.45) is 5.92 Å². The molecule has 2 unspecified atom stereocenters.